The first-order valence-corrected chi connectivity index (χ1v) is 7.62. The van der Waals surface area contributed by atoms with Gasteiger partial charge in [0, 0.05) is 5.92 Å². The summed E-state index contributed by atoms with van der Waals surface area (Å²) in [5, 5.41) is -3.66. The fourth-order valence-electron chi connectivity index (χ4n) is 2.41. The Labute approximate surface area is 106 Å². The summed E-state index contributed by atoms with van der Waals surface area (Å²) < 4.78 is 52.4. The van der Waals surface area contributed by atoms with Crippen molar-refractivity contribution in [3.8, 4) is 0 Å². The smallest absolute Gasteiger partial charge is 0.217 e. The summed E-state index contributed by atoms with van der Waals surface area (Å²) in [6.45, 7) is 0. The van der Waals surface area contributed by atoms with Crippen LogP contribution in [0.1, 0.15) is 32.1 Å². The molecule has 2 rings (SSSR count). The minimum Gasteiger partial charge on any atom is -0.217 e. The normalized spacial score (nSPS) is 18.8. The number of rotatable bonds is 3. The maximum Gasteiger partial charge on any atom is 0.352 e. The van der Waals surface area contributed by atoms with Crippen molar-refractivity contribution < 1.29 is 17.2 Å². The third-order valence-corrected chi connectivity index (χ3v) is 5.43. The second kappa shape index (κ2) is 4.96. The van der Waals surface area contributed by atoms with Crippen LogP contribution in [0.15, 0.2) is 35.2 Å². The highest BCUT2D eigenvalue weighted by atomic mass is 32.2. The van der Waals surface area contributed by atoms with Crippen molar-refractivity contribution >= 4 is 9.84 Å². The molecule has 0 atom stereocenters. The molecule has 1 aromatic carbocycles. The van der Waals surface area contributed by atoms with Crippen molar-refractivity contribution in [2.24, 2.45) is 5.92 Å². The first-order chi connectivity index (χ1) is 8.46. The lowest BCUT2D eigenvalue weighted by atomic mass is 9.89. The second-order valence-electron chi connectivity index (χ2n) is 4.71. The number of sulfone groups is 1. The molecule has 0 radical (unpaired) electrons. The van der Waals surface area contributed by atoms with E-state index >= 15 is 0 Å². The maximum atomic E-state index is 14.2. The van der Waals surface area contributed by atoms with E-state index in [0.717, 1.165) is 6.42 Å². The minimum absolute atomic E-state index is 0.291. The van der Waals surface area contributed by atoms with Gasteiger partial charge in [0.25, 0.3) is 0 Å². The molecule has 18 heavy (non-hydrogen) atoms. The summed E-state index contributed by atoms with van der Waals surface area (Å²) >= 11 is 0. The van der Waals surface area contributed by atoms with Gasteiger partial charge in [-0.2, -0.15) is 8.78 Å². The van der Waals surface area contributed by atoms with Gasteiger partial charge in [0.05, 0.1) is 4.90 Å². The molecule has 1 aliphatic rings. The lowest BCUT2D eigenvalue weighted by Crippen LogP contribution is -2.38. The SMILES string of the molecule is O=S(=O)(c1ccccc1)C(F)(F)C1CCCCC1. The predicted molar refractivity (Wildman–Crippen MR) is 65.1 cm³/mol. The summed E-state index contributed by atoms with van der Waals surface area (Å²) in [5.41, 5.74) is 0. The van der Waals surface area contributed by atoms with E-state index in [2.05, 4.69) is 0 Å². The van der Waals surface area contributed by atoms with E-state index in [1.165, 1.54) is 24.3 Å². The number of hydrogen-bond acceptors (Lipinski definition) is 2. The standard InChI is InChI=1S/C13H16F2O2S/c14-13(15,11-7-3-1-4-8-11)18(16,17)12-9-5-2-6-10-12/h2,5-6,9-11H,1,3-4,7-8H2. The Kier molecular flexibility index (Phi) is 3.71. The lowest BCUT2D eigenvalue weighted by Gasteiger charge is -2.29. The van der Waals surface area contributed by atoms with Gasteiger partial charge in [0.15, 0.2) is 0 Å². The topological polar surface area (TPSA) is 34.1 Å². The molecule has 0 heterocycles. The second-order valence-corrected chi connectivity index (χ2v) is 6.74. The van der Waals surface area contributed by atoms with Crippen LogP contribution in [0.4, 0.5) is 8.78 Å². The molecule has 0 aliphatic heterocycles. The third-order valence-electron chi connectivity index (χ3n) is 3.49. The number of halogens is 2. The molecular weight excluding hydrogens is 258 g/mol. The Morgan fingerprint density at radius 3 is 2.11 bits per heavy atom. The van der Waals surface area contributed by atoms with Crippen molar-refractivity contribution in [3.05, 3.63) is 30.3 Å². The molecule has 0 saturated heterocycles. The van der Waals surface area contributed by atoms with E-state index in [4.69, 9.17) is 0 Å². The number of hydrogen-bond donors (Lipinski definition) is 0. The number of alkyl halides is 2. The van der Waals surface area contributed by atoms with E-state index in [0.29, 0.717) is 25.7 Å². The van der Waals surface area contributed by atoms with E-state index in [1.54, 1.807) is 6.07 Å². The molecule has 0 bridgehead atoms. The fourth-order valence-corrected chi connectivity index (χ4v) is 3.92. The first-order valence-electron chi connectivity index (χ1n) is 6.14. The predicted octanol–water partition coefficient (Wildman–Crippen LogP) is 3.63. The van der Waals surface area contributed by atoms with E-state index in [1.807, 2.05) is 0 Å². The van der Waals surface area contributed by atoms with Gasteiger partial charge in [-0.15, -0.1) is 0 Å². The molecule has 1 aliphatic carbocycles. The third kappa shape index (κ3) is 2.28. The van der Waals surface area contributed by atoms with Crippen molar-refractivity contribution in [2.75, 3.05) is 0 Å². The summed E-state index contributed by atoms with van der Waals surface area (Å²) in [6, 6.07) is 6.99. The summed E-state index contributed by atoms with van der Waals surface area (Å²) in [6.07, 6.45) is 2.87. The quantitative estimate of drug-likeness (QED) is 0.843. The zero-order valence-corrected chi connectivity index (χ0v) is 10.8. The molecule has 5 heteroatoms. The highest BCUT2D eigenvalue weighted by Crippen LogP contribution is 2.42. The molecule has 1 saturated carbocycles. The van der Waals surface area contributed by atoms with Crippen LogP contribution < -0.4 is 0 Å². The van der Waals surface area contributed by atoms with Crippen LogP contribution in [0.25, 0.3) is 0 Å². The van der Waals surface area contributed by atoms with Crippen molar-refractivity contribution in [1.29, 1.82) is 0 Å². The van der Waals surface area contributed by atoms with Gasteiger partial charge < -0.3 is 0 Å². The Morgan fingerprint density at radius 2 is 1.56 bits per heavy atom. The minimum atomic E-state index is -4.57. The number of benzene rings is 1. The molecule has 1 fully saturated rings. The average molecular weight is 274 g/mol. The zero-order chi connectivity index (χ0) is 13.2. The van der Waals surface area contributed by atoms with E-state index < -0.39 is 21.0 Å². The molecule has 0 amide bonds. The zero-order valence-electron chi connectivity index (χ0n) is 9.98. The summed E-state index contributed by atoms with van der Waals surface area (Å²) in [5.74, 6) is -1.04. The van der Waals surface area contributed by atoms with Crippen molar-refractivity contribution in [1.82, 2.24) is 0 Å². The molecule has 1 aromatic rings. The van der Waals surface area contributed by atoms with Crippen LogP contribution >= 0.6 is 0 Å². The lowest BCUT2D eigenvalue weighted by molar-refractivity contribution is 0.00894. The van der Waals surface area contributed by atoms with Crippen molar-refractivity contribution in [3.63, 3.8) is 0 Å². The van der Waals surface area contributed by atoms with Crippen LogP contribution in [0.5, 0.6) is 0 Å². The Morgan fingerprint density at radius 1 is 1.00 bits per heavy atom. The van der Waals surface area contributed by atoms with Gasteiger partial charge in [0.2, 0.25) is 9.84 Å². The Balaban J connectivity index is 2.33. The monoisotopic (exact) mass is 274 g/mol. The molecule has 100 valence electrons. The molecule has 0 N–H and O–H groups in total. The molecular formula is C13H16F2O2S. The Bertz CT molecular complexity index is 491. The molecule has 0 aromatic heterocycles. The van der Waals surface area contributed by atoms with Crippen LogP contribution in [-0.4, -0.2) is 13.7 Å². The van der Waals surface area contributed by atoms with Crippen LogP contribution in [0.2, 0.25) is 0 Å². The highest BCUT2D eigenvalue weighted by Gasteiger charge is 2.52. The van der Waals surface area contributed by atoms with E-state index in [9.17, 15) is 17.2 Å². The van der Waals surface area contributed by atoms with Gasteiger partial charge >= 0.3 is 5.25 Å². The largest absolute Gasteiger partial charge is 0.352 e. The van der Waals surface area contributed by atoms with Crippen LogP contribution in [0.3, 0.4) is 0 Å². The molecule has 0 unspecified atom stereocenters. The highest BCUT2D eigenvalue weighted by molar-refractivity contribution is 7.92. The molecule has 0 spiro atoms. The van der Waals surface area contributed by atoms with Gasteiger partial charge in [-0.05, 0) is 25.0 Å². The van der Waals surface area contributed by atoms with Gasteiger partial charge in [0.1, 0.15) is 0 Å². The Hall–Kier alpha value is -0.970. The average Bonchev–Trinajstić information content (AvgIpc) is 2.40. The van der Waals surface area contributed by atoms with Crippen molar-refractivity contribution in [2.45, 2.75) is 42.3 Å². The summed E-state index contributed by atoms with van der Waals surface area (Å²) in [4.78, 5) is -0.291. The van der Waals surface area contributed by atoms with Crippen LogP contribution in [0, 0.1) is 5.92 Å². The van der Waals surface area contributed by atoms with E-state index in [-0.39, 0.29) is 4.90 Å². The maximum absolute atomic E-state index is 14.2. The summed E-state index contributed by atoms with van der Waals surface area (Å²) in [7, 11) is -4.57. The van der Waals surface area contributed by atoms with Gasteiger partial charge in [-0.1, -0.05) is 37.5 Å². The van der Waals surface area contributed by atoms with Crippen LogP contribution in [-0.2, 0) is 9.84 Å². The van der Waals surface area contributed by atoms with Gasteiger partial charge in [-0.25, -0.2) is 8.42 Å². The van der Waals surface area contributed by atoms with Gasteiger partial charge in [-0.3, -0.25) is 0 Å². The first kappa shape index (κ1) is 13.5. The fraction of sp³-hybridized carbons (Fsp3) is 0.538. The molecule has 2 nitrogen and oxygen atoms in total.